The quantitative estimate of drug-likeness (QED) is 0.585. The molecular weight excluding hydrogens is 164 g/mol. The number of carbonyl (C=O) groups excluding carboxylic acids is 2. The molecule has 0 unspecified atom stereocenters. The van der Waals surface area contributed by atoms with E-state index in [4.69, 9.17) is 5.11 Å². The Labute approximate surface area is 70.3 Å². The number of rotatable bonds is 3. The molecule has 0 atom stereocenters. The molecule has 0 radical (unpaired) electrons. The molecule has 1 N–H and O–H groups in total. The van der Waals surface area contributed by atoms with Crippen molar-refractivity contribution < 1.29 is 24.2 Å². The van der Waals surface area contributed by atoms with E-state index in [2.05, 4.69) is 9.47 Å². The van der Waals surface area contributed by atoms with Crippen LogP contribution in [0, 0.1) is 0 Å². The molecule has 0 spiro atoms. The first-order chi connectivity index (χ1) is 5.38. The van der Waals surface area contributed by atoms with E-state index in [0.717, 1.165) is 0 Å². The van der Waals surface area contributed by atoms with Crippen LogP contribution in [0.3, 0.4) is 0 Å². The van der Waals surface area contributed by atoms with Crippen molar-refractivity contribution in [3.05, 3.63) is 0 Å². The van der Waals surface area contributed by atoms with Crippen LogP contribution < -0.4 is 0 Å². The maximum Gasteiger partial charge on any atom is 0.344 e. The Morgan fingerprint density at radius 3 is 2.25 bits per heavy atom. The summed E-state index contributed by atoms with van der Waals surface area (Å²) in [5, 5.41) is 9.05. The third-order valence-corrected chi connectivity index (χ3v) is 1.05. The monoisotopic (exact) mass is 176 g/mol. The average molecular weight is 176 g/mol. The van der Waals surface area contributed by atoms with Crippen LogP contribution in [0.15, 0.2) is 0 Å². The summed E-state index contributed by atoms with van der Waals surface area (Å²) >= 11 is 0. The van der Waals surface area contributed by atoms with Gasteiger partial charge in [0.15, 0.2) is 12.2 Å². The molecule has 0 aliphatic carbocycles. The number of esters is 2. The molecule has 0 amide bonds. The van der Waals surface area contributed by atoms with Crippen LogP contribution in [-0.2, 0) is 19.1 Å². The molecule has 0 fully saturated rings. The number of methoxy groups -OCH3 is 1. The van der Waals surface area contributed by atoms with Gasteiger partial charge < -0.3 is 14.6 Å². The van der Waals surface area contributed by atoms with Crippen LogP contribution in [0.5, 0.6) is 0 Å². The van der Waals surface area contributed by atoms with E-state index in [1.807, 2.05) is 0 Å². The highest BCUT2D eigenvalue weighted by Gasteiger charge is 2.26. The number of hydrogen-bond acceptors (Lipinski definition) is 5. The lowest BCUT2D eigenvalue weighted by Gasteiger charge is -2.14. The molecule has 0 aromatic carbocycles. The fourth-order valence-corrected chi connectivity index (χ4v) is 0.360. The summed E-state index contributed by atoms with van der Waals surface area (Å²) < 4.78 is 8.61. The zero-order valence-electron chi connectivity index (χ0n) is 7.29. The predicted octanol–water partition coefficient (Wildman–Crippen LogP) is -0.527. The van der Waals surface area contributed by atoms with E-state index in [-0.39, 0.29) is 0 Å². The molecule has 0 aromatic heterocycles. The molecule has 0 rings (SSSR count). The Morgan fingerprint density at radius 1 is 1.42 bits per heavy atom. The van der Waals surface area contributed by atoms with Crippen LogP contribution in [0.25, 0.3) is 0 Å². The highest BCUT2D eigenvalue weighted by Crippen LogP contribution is 2.03. The lowest BCUT2D eigenvalue weighted by molar-refractivity contribution is -0.168. The van der Waals surface area contributed by atoms with Gasteiger partial charge >= 0.3 is 11.9 Å². The molecule has 0 saturated carbocycles. The Hall–Kier alpha value is -1.10. The summed E-state index contributed by atoms with van der Waals surface area (Å²) in [6, 6.07) is 0. The molecular formula is C7H12O5. The minimum absolute atomic E-state index is 0.473. The fourth-order valence-electron chi connectivity index (χ4n) is 0.360. The second kappa shape index (κ2) is 4.06. The van der Waals surface area contributed by atoms with E-state index < -0.39 is 24.1 Å². The van der Waals surface area contributed by atoms with Gasteiger partial charge in [0.05, 0.1) is 7.11 Å². The van der Waals surface area contributed by atoms with Crippen LogP contribution in [0.2, 0.25) is 0 Å². The molecule has 70 valence electrons. The number of carbonyl (C=O) groups is 2. The van der Waals surface area contributed by atoms with Crippen molar-refractivity contribution in [2.24, 2.45) is 0 Å². The molecule has 12 heavy (non-hydrogen) atoms. The Balaban J connectivity index is 3.81. The van der Waals surface area contributed by atoms with E-state index in [1.54, 1.807) is 0 Å². The van der Waals surface area contributed by atoms with Gasteiger partial charge in [0.1, 0.15) is 0 Å². The molecule has 0 aliphatic heterocycles. The smallest absolute Gasteiger partial charge is 0.344 e. The van der Waals surface area contributed by atoms with Crippen LogP contribution in [0.4, 0.5) is 0 Å². The van der Waals surface area contributed by atoms with Crippen molar-refractivity contribution in [3.63, 3.8) is 0 Å². The standard InChI is InChI=1S/C7H12O5/c1-7(2,10)6(9)12-4-5(8)11-3/h10H,4H2,1-3H3. The van der Waals surface area contributed by atoms with Gasteiger partial charge in [-0.15, -0.1) is 0 Å². The van der Waals surface area contributed by atoms with Gasteiger partial charge in [0.25, 0.3) is 0 Å². The van der Waals surface area contributed by atoms with E-state index >= 15 is 0 Å². The van der Waals surface area contributed by atoms with Crippen molar-refractivity contribution in [2.45, 2.75) is 19.4 Å². The first kappa shape index (κ1) is 10.9. The van der Waals surface area contributed by atoms with Gasteiger partial charge in [-0.3, -0.25) is 0 Å². The zero-order valence-corrected chi connectivity index (χ0v) is 7.29. The van der Waals surface area contributed by atoms with Gasteiger partial charge in [-0.25, -0.2) is 9.59 Å². The molecule has 0 bridgehead atoms. The lowest BCUT2D eigenvalue weighted by Crippen LogP contribution is -2.34. The summed E-state index contributed by atoms with van der Waals surface area (Å²) in [4.78, 5) is 21.3. The van der Waals surface area contributed by atoms with Gasteiger partial charge in [0.2, 0.25) is 0 Å². The molecule has 0 aliphatic rings. The zero-order chi connectivity index (χ0) is 9.78. The Morgan fingerprint density at radius 2 is 1.92 bits per heavy atom. The summed E-state index contributed by atoms with van der Waals surface area (Å²) in [6.45, 7) is 2.07. The van der Waals surface area contributed by atoms with E-state index in [9.17, 15) is 9.59 Å². The van der Waals surface area contributed by atoms with Crippen molar-refractivity contribution in [3.8, 4) is 0 Å². The van der Waals surface area contributed by atoms with Gasteiger partial charge in [0, 0.05) is 0 Å². The summed E-state index contributed by atoms with van der Waals surface area (Å²) in [5.74, 6) is -1.51. The van der Waals surface area contributed by atoms with Gasteiger partial charge in [-0.2, -0.15) is 0 Å². The SMILES string of the molecule is COC(=O)COC(=O)C(C)(C)O. The van der Waals surface area contributed by atoms with Crippen molar-refractivity contribution in [2.75, 3.05) is 13.7 Å². The third kappa shape index (κ3) is 3.92. The van der Waals surface area contributed by atoms with Crippen molar-refractivity contribution in [1.29, 1.82) is 0 Å². The molecule has 0 aromatic rings. The largest absolute Gasteiger partial charge is 0.466 e. The number of aliphatic hydroxyl groups is 1. The maximum atomic E-state index is 10.8. The molecule has 0 saturated heterocycles. The topological polar surface area (TPSA) is 72.8 Å². The Bertz CT molecular complexity index is 179. The first-order valence-electron chi connectivity index (χ1n) is 3.34. The summed E-state index contributed by atoms with van der Waals surface area (Å²) in [6.07, 6.45) is 0. The van der Waals surface area contributed by atoms with Crippen LogP contribution >= 0.6 is 0 Å². The average Bonchev–Trinajstić information content (AvgIpc) is 1.97. The van der Waals surface area contributed by atoms with Gasteiger partial charge in [-0.1, -0.05) is 0 Å². The summed E-state index contributed by atoms with van der Waals surface area (Å²) in [7, 11) is 1.18. The second-order valence-electron chi connectivity index (χ2n) is 2.71. The Kier molecular flexibility index (Phi) is 3.69. The minimum Gasteiger partial charge on any atom is -0.466 e. The van der Waals surface area contributed by atoms with Gasteiger partial charge in [-0.05, 0) is 13.8 Å². The number of ether oxygens (including phenoxy) is 2. The van der Waals surface area contributed by atoms with Crippen LogP contribution in [-0.4, -0.2) is 36.4 Å². The highest BCUT2D eigenvalue weighted by molar-refractivity contribution is 5.81. The fraction of sp³-hybridized carbons (Fsp3) is 0.714. The number of hydrogen-bond donors (Lipinski definition) is 1. The van der Waals surface area contributed by atoms with E-state index in [0.29, 0.717) is 0 Å². The minimum atomic E-state index is -1.58. The highest BCUT2D eigenvalue weighted by atomic mass is 16.6. The van der Waals surface area contributed by atoms with E-state index in [1.165, 1.54) is 21.0 Å². The third-order valence-electron chi connectivity index (χ3n) is 1.05. The maximum absolute atomic E-state index is 10.8. The molecule has 5 heteroatoms. The molecule has 0 heterocycles. The van der Waals surface area contributed by atoms with Crippen molar-refractivity contribution in [1.82, 2.24) is 0 Å². The summed E-state index contributed by atoms with van der Waals surface area (Å²) in [5.41, 5.74) is -1.58. The second-order valence-corrected chi connectivity index (χ2v) is 2.71. The predicted molar refractivity (Wildman–Crippen MR) is 39.3 cm³/mol. The normalized spacial score (nSPS) is 10.7. The lowest BCUT2D eigenvalue weighted by atomic mass is 10.1. The van der Waals surface area contributed by atoms with Crippen LogP contribution in [0.1, 0.15) is 13.8 Å². The van der Waals surface area contributed by atoms with Crippen molar-refractivity contribution >= 4 is 11.9 Å². The molecule has 5 nitrogen and oxygen atoms in total. The first-order valence-corrected chi connectivity index (χ1v) is 3.34.